The Bertz CT molecular complexity index is 2800. The molecule has 2 aromatic heterocycles. The smallest absolute Gasteiger partial charge is 0.147 e. The van der Waals surface area contributed by atoms with Gasteiger partial charge in [-0.15, -0.1) is 53.6 Å². The maximum atomic E-state index is 15.6. The Hall–Kier alpha value is -5.78. The first-order chi connectivity index (χ1) is 27.3. The number of aromatic nitrogens is 2. The molecule has 0 saturated heterocycles. The van der Waals surface area contributed by atoms with Crippen molar-refractivity contribution in [2.24, 2.45) is 0 Å². The number of halogens is 2. The number of pyridine rings is 1. The van der Waals surface area contributed by atoms with E-state index in [-0.39, 0.29) is 37.6 Å². The van der Waals surface area contributed by atoms with Gasteiger partial charge in [-0.05, 0) is 75.4 Å². The van der Waals surface area contributed by atoms with Crippen molar-refractivity contribution >= 4 is 44.6 Å². The molecule has 0 fully saturated rings. The number of benzene rings is 6. The zero-order valence-corrected chi connectivity index (χ0v) is 35.3. The number of fused-ring (bicyclic) bond motifs is 4. The first-order valence-corrected chi connectivity index (χ1v) is 19.1. The number of hydrogen-bond acceptors (Lipinski definition) is 4. The Morgan fingerprint density at radius 2 is 1.38 bits per heavy atom. The second-order valence-electron chi connectivity index (χ2n) is 16.5. The molecule has 5 nitrogen and oxygen atoms in total. The van der Waals surface area contributed by atoms with Crippen LogP contribution in [-0.4, -0.2) is 9.55 Å². The van der Waals surface area contributed by atoms with Crippen LogP contribution in [0.3, 0.4) is 0 Å². The van der Waals surface area contributed by atoms with Gasteiger partial charge in [-0.25, -0.2) is 13.8 Å². The topological polar surface area (TPSA) is 33.5 Å². The molecule has 0 radical (unpaired) electrons. The van der Waals surface area contributed by atoms with E-state index in [1.165, 1.54) is 18.2 Å². The molecule has 9 rings (SSSR count). The largest absolute Gasteiger partial charge is 0.509 e. The third kappa shape index (κ3) is 6.96. The van der Waals surface area contributed by atoms with Gasteiger partial charge in [0.05, 0.1) is 5.69 Å². The molecule has 8 heteroatoms. The third-order valence-electron chi connectivity index (χ3n) is 10.6. The number of anilines is 4. The molecule has 1 aliphatic rings. The summed E-state index contributed by atoms with van der Waals surface area (Å²) < 4.78 is 40.0. The minimum atomic E-state index is -0.657. The Labute approximate surface area is 352 Å². The SMILES string of the molecule is CC(C)(C)c1ccc2c(c1)N(c1c(F)cccc1F)[CH-]N2c1[c-]c(Oc2[c-]c3c(cc2)c2ccccc2n3-c2ccccn2)cc(-c2ccccc2C(C)(C)C)c1.[Pt]. The number of ether oxygens (including phenoxy) is 1. The number of nitrogens with zero attached hydrogens (tertiary/aromatic N) is 4. The fraction of sp³-hybridized carbons (Fsp3) is 0.160. The van der Waals surface area contributed by atoms with Crippen molar-refractivity contribution in [3.63, 3.8) is 0 Å². The van der Waals surface area contributed by atoms with Crippen molar-refractivity contribution in [3.05, 3.63) is 175 Å². The average Bonchev–Trinajstić information content (AvgIpc) is 3.73. The van der Waals surface area contributed by atoms with Crippen LogP contribution in [-0.2, 0) is 31.9 Å². The first-order valence-electron chi connectivity index (χ1n) is 19.1. The number of rotatable bonds is 6. The molecular formula is C50H41F2N4OPt-3. The van der Waals surface area contributed by atoms with E-state index >= 15 is 8.78 Å². The minimum absolute atomic E-state index is 0. The summed E-state index contributed by atoms with van der Waals surface area (Å²) in [7, 11) is 0. The van der Waals surface area contributed by atoms with Gasteiger partial charge in [0.15, 0.2) is 0 Å². The van der Waals surface area contributed by atoms with E-state index in [4.69, 9.17) is 4.74 Å². The van der Waals surface area contributed by atoms with Gasteiger partial charge in [0.1, 0.15) is 17.5 Å². The molecular weight excluding hydrogens is 906 g/mol. The Morgan fingerprint density at radius 3 is 2.12 bits per heavy atom. The maximum absolute atomic E-state index is 15.6. The zero-order chi connectivity index (χ0) is 39.6. The van der Waals surface area contributed by atoms with Crippen LogP contribution in [0.4, 0.5) is 31.5 Å². The Kier molecular flexibility index (Phi) is 10.0. The monoisotopic (exact) mass is 946 g/mol. The van der Waals surface area contributed by atoms with Crippen molar-refractivity contribution in [1.29, 1.82) is 0 Å². The number of para-hydroxylation sites is 2. The molecule has 58 heavy (non-hydrogen) atoms. The van der Waals surface area contributed by atoms with Crippen molar-refractivity contribution in [1.82, 2.24) is 9.55 Å². The van der Waals surface area contributed by atoms with Gasteiger partial charge in [0.25, 0.3) is 0 Å². The van der Waals surface area contributed by atoms with Crippen LogP contribution in [0.15, 0.2) is 134 Å². The van der Waals surface area contributed by atoms with E-state index < -0.39 is 11.6 Å². The van der Waals surface area contributed by atoms with E-state index in [1.54, 1.807) is 17.8 Å². The summed E-state index contributed by atoms with van der Waals surface area (Å²) in [6.07, 6.45) is 1.78. The molecule has 8 aromatic rings. The summed E-state index contributed by atoms with van der Waals surface area (Å²) in [5.74, 6) is 0.423. The zero-order valence-electron chi connectivity index (χ0n) is 33.0. The van der Waals surface area contributed by atoms with E-state index in [0.29, 0.717) is 22.9 Å². The van der Waals surface area contributed by atoms with Crippen molar-refractivity contribution in [3.8, 4) is 28.4 Å². The second-order valence-corrected chi connectivity index (χ2v) is 16.5. The summed E-state index contributed by atoms with van der Waals surface area (Å²) in [4.78, 5) is 8.20. The molecule has 0 spiro atoms. The van der Waals surface area contributed by atoms with Crippen LogP contribution >= 0.6 is 0 Å². The predicted molar refractivity (Wildman–Crippen MR) is 227 cm³/mol. The molecule has 3 heterocycles. The van der Waals surface area contributed by atoms with Gasteiger partial charge in [-0.2, -0.15) is 6.07 Å². The maximum Gasteiger partial charge on any atom is 0.147 e. The van der Waals surface area contributed by atoms with E-state index in [1.807, 2.05) is 65.6 Å². The Morgan fingerprint density at radius 1 is 0.638 bits per heavy atom. The van der Waals surface area contributed by atoms with Crippen LogP contribution < -0.4 is 14.5 Å². The van der Waals surface area contributed by atoms with E-state index in [9.17, 15) is 0 Å². The van der Waals surface area contributed by atoms with Gasteiger partial charge >= 0.3 is 0 Å². The molecule has 0 bridgehead atoms. The molecule has 0 atom stereocenters. The summed E-state index contributed by atoms with van der Waals surface area (Å²) >= 11 is 0. The van der Waals surface area contributed by atoms with Crippen LogP contribution in [0.2, 0.25) is 0 Å². The van der Waals surface area contributed by atoms with Gasteiger partial charge in [0.2, 0.25) is 0 Å². The van der Waals surface area contributed by atoms with Crippen molar-refractivity contribution in [2.45, 2.75) is 52.4 Å². The fourth-order valence-electron chi connectivity index (χ4n) is 7.75. The molecule has 0 saturated carbocycles. The molecule has 0 amide bonds. The average molecular weight is 947 g/mol. The molecule has 0 unspecified atom stereocenters. The summed E-state index contributed by atoms with van der Waals surface area (Å²) in [5, 5.41) is 2.11. The molecule has 0 N–H and O–H groups in total. The summed E-state index contributed by atoms with van der Waals surface area (Å²) in [6, 6.07) is 47.6. The van der Waals surface area contributed by atoms with Crippen LogP contribution in [0.25, 0.3) is 38.8 Å². The van der Waals surface area contributed by atoms with Gasteiger partial charge in [-0.1, -0.05) is 108 Å². The Balaban J connectivity index is 0.00000469. The first kappa shape index (κ1) is 39.1. The van der Waals surface area contributed by atoms with Crippen LogP contribution in [0, 0.1) is 30.4 Å². The molecule has 6 aromatic carbocycles. The van der Waals surface area contributed by atoms with Gasteiger partial charge in [0, 0.05) is 55.7 Å². The summed E-state index contributed by atoms with van der Waals surface area (Å²) in [6.45, 7) is 14.7. The van der Waals surface area contributed by atoms with Crippen LogP contribution in [0.1, 0.15) is 52.7 Å². The van der Waals surface area contributed by atoms with Crippen molar-refractivity contribution < 1.29 is 34.6 Å². The van der Waals surface area contributed by atoms with Gasteiger partial charge in [-0.3, -0.25) is 0 Å². The van der Waals surface area contributed by atoms with E-state index in [2.05, 4.69) is 112 Å². The quantitative estimate of drug-likeness (QED) is 0.156. The normalized spacial score (nSPS) is 12.9. The minimum Gasteiger partial charge on any atom is -0.509 e. The van der Waals surface area contributed by atoms with Crippen molar-refractivity contribution in [2.75, 3.05) is 9.80 Å². The second kappa shape index (κ2) is 14.9. The fourth-order valence-corrected chi connectivity index (χ4v) is 7.75. The number of hydrogen-bond donors (Lipinski definition) is 0. The van der Waals surface area contributed by atoms with E-state index in [0.717, 1.165) is 55.6 Å². The molecule has 1 aliphatic heterocycles. The van der Waals surface area contributed by atoms with Gasteiger partial charge < -0.3 is 19.1 Å². The predicted octanol–water partition coefficient (Wildman–Crippen LogP) is 13.5. The molecule has 0 aliphatic carbocycles. The molecule has 294 valence electrons. The standard InChI is InChI=1S/C50H41F2N4O.Pt/c1-49(2,3)33-21-24-44-46(28-33)55(48-41(51)17-13-18-42(48)52)31-54(44)34-26-32(37-14-7-9-16-40(37)50(4,5)6)27-36(29-34)57-35-22-23-39-38-15-8-10-19-43(38)56(45(39)30-35)47-20-11-12-25-53-47;/h7-28,31H,1-6H3;/q-3;. The summed E-state index contributed by atoms with van der Waals surface area (Å²) in [5.41, 5.74) is 7.53. The third-order valence-corrected chi connectivity index (χ3v) is 10.6. The van der Waals surface area contributed by atoms with Crippen LogP contribution in [0.5, 0.6) is 11.5 Å².